The van der Waals surface area contributed by atoms with E-state index in [2.05, 4.69) is 15.0 Å². The van der Waals surface area contributed by atoms with E-state index in [-0.39, 0.29) is 11.4 Å². The van der Waals surface area contributed by atoms with E-state index in [1.165, 1.54) is 12.1 Å². The first-order chi connectivity index (χ1) is 12.3. The molecule has 0 spiro atoms. The van der Waals surface area contributed by atoms with Crippen LogP contribution in [0.1, 0.15) is 16.8 Å². The number of aromatic nitrogens is 3. The number of aryl methyl sites for hydroxylation is 1. The van der Waals surface area contributed by atoms with Crippen molar-refractivity contribution >= 4 is 17.4 Å². The number of nitrogens with one attached hydrogen (secondary N) is 1. The number of nitrogens with zero attached hydrogens (tertiary/aromatic N) is 3. The fourth-order valence-electron chi connectivity index (χ4n) is 2.52. The highest BCUT2D eigenvalue weighted by molar-refractivity contribution is 6.31. The van der Waals surface area contributed by atoms with E-state index >= 15 is 0 Å². The van der Waals surface area contributed by atoms with Crippen molar-refractivity contribution in [2.24, 2.45) is 0 Å². The molecule has 5 nitrogen and oxygen atoms in total. The third-order valence-electron chi connectivity index (χ3n) is 4.23. The van der Waals surface area contributed by atoms with Crippen molar-refractivity contribution in [3.05, 3.63) is 74.5 Å². The lowest BCUT2D eigenvalue weighted by Gasteiger charge is -2.19. The summed E-state index contributed by atoms with van der Waals surface area (Å²) in [5, 5.41) is 0.380. The van der Waals surface area contributed by atoms with Gasteiger partial charge in [-0.2, -0.15) is 0 Å². The highest BCUT2D eigenvalue weighted by atomic mass is 35.5. The second-order valence-corrected chi connectivity index (χ2v) is 6.53. The zero-order chi connectivity index (χ0) is 18.8. The molecule has 26 heavy (non-hydrogen) atoms. The van der Waals surface area contributed by atoms with Crippen molar-refractivity contribution < 1.29 is 4.39 Å². The van der Waals surface area contributed by atoms with Gasteiger partial charge in [-0.3, -0.25) is 4.79 Å². The van der Waals surface area contributed by atoms with E-state index in [1.807, 2.05) is 24.1 Å². The molecule has 7 heteroatoms. The van der Waals surface area contributed by atoms with Crippen LogP contribution in [0, 0.1) is 19.7 Å². The molecule has 0 aliphatic rings. The SMILES string of the molecule is Cc1nc(-c2ccc(N(C)Cc3ccc(F)cc3Cl)nc2)[nH]c(=O)c1C. The summed E-state index contributed by atoms with van der Waals surface area (Å²) < 4.78 is 13.2. The molecule has 0 atom stereocenters. The fourth-order valence-corrected chi connectivity index (χ4v) is 2.75. The van der Waals surface area contributed by atoms with E-state index in [0.717, 1.165) is 16.9 Å². The molecule has 0 saturated carbocycles. The first-order valence-electron chi connectivity index (χ1n) is 8.04. The Hall–Kier alpha value is -2.73. The standard InChI is InChI=1S/C19H18ClFN4O/c1-11-12(2)23-18(24-19(11)26)13-5-7-17(22-9-13)25(3)10-14-4-6-15(21)8-16(14)20/h4-9H,10H2,1-3H3,(H,23,24,26). The normalized spacial score (nSPS) is 10.8. The minimum atomic E-state index is -0.362. The average Bonchev–Trinajstić information content (AvgIpc) is 2.61. The van der Waals surface area contributed by atoms with Crippen molar-refractivity contribution in [1.29, 1.82) is 0 Å². The van der Waals surface area contributed by atoms with Crippen molar-refractivity contribution in [3.63, 3.8) is 0 Å². The van der Waals surface area contributed by atoms with Crippen LogP contribution in [0.15, 0.2) is 41.3 Å². The van der Waals surface area contributed by atoms with Crippen LogP contribution in [0.25, 0.3) is 11.4 Å². The van der Waals surface area contributed by atoms with Crippen LogP contribution in [0.2, 0.25) is 5.02 Å². The Labute approximate surface area is 155 Å². The van der Waals surface area contributed by atoms with Gasteiger partial charge in [0.25, 0.3) is 5.56 Å². The molecule has 0 unspecified atom stereocenters. The van der Waals surface area contributed by atoms with Crippen LogP contribution >= 0.6 is 11.6 Å². The van der Waals surface area contributed by atoms with E-state index in [1.54, 1.807) is 26.1 Å². The summed E-state index contributed by atoms with van der Waals surface area (Å²) in [6, 6.07) is 8.02. The molecule has 1 N–H and O–H groups in total. The van der Waals surface area contributed by atoms with Crippen LogP contribution in [-0.4, -0.2) is 22.0 Å². The minimum absolute atomic E-state index is 0.153. The summed E-state index contributed by atoms with van der Waals surface area (Å²) in [5.41, 5.74) is 2.67. The molecule has 0 fully saturated rings. The van der Waals surface area contributed by atoms with Gasteiger partial charge >= 0.3 is 0 Å². The molecule has 134 valence electrons. The number of halogens is 2. The number of rotatable bonds is 4. The summed E-state index contributed by atoms with van der Waals surface area (Å²) in [6.45, 7) is 4.03. The van der Waals surface area contributed by atoms with E-state index in [0.29, 0.717) is 28.6 Å². The molecule has 3 rings (SSSR count). The third-order valence-corrected chi connectivity index (χ3v) is 4.58. The van der Waals surface area contributed by atoms with Gasteiger partial charge in [-0.15, -0.1) is 0 Å². The van der Waals surface area contributed by atoms with Crippen LogP contribution in [-0.2, 0) is 6.54 Å². The summed E-state index contributed by atoms with van der Waals surface area (Å²) in [6.07, 6.45) is 1.66. The lowest BCUT2D eigenvalue weighted by Crippen LogP contribution is -2.18. The number of aromatic amines is 1. The fraction of sp³-hybridized carbons (Fsp3) is 0.211. The van der Waals surface area contributed by atoms with Crippen molar-refractivity contribution in [2.75, 3.05) is 11.9 Å². The van der Waals surface area contributed by atoms with Gasteiger partial charge in [-0.1, -0.05) is 17.7 Å². The number of hydrogen-bond donors (Lipinski definition) is 1. The second kappa shape index (κ2) is 7.25. The van der Waals surface area contributed by atoms with Crippen LogP contribution in [0.5, 0.6) is 0 Å². The lowest BCUT2D eigenvalue weighted by molar-refractivity contribution is 0.627. The molecule has 0 saturated heterocycles. The maximum absolute atomic E-state index is 13.2. The number of pyridine rings is 1. The first-order valence-corrected chi connectivity index (χ1v) is 8.42. The molecule has 2 aromatic heterocycles. The lowest BCUT2D eigenvalue weighted by atomic mass is 10.2. The Kier molecular flexibility index (Phi) is 5.04. The third kappa shape index (κ3) is 3.75. The Balaban J connectivity index is 1.82. The first kappa shape index (κ1) is 18.1. The van der Waals surface area contributed by atoms with Gasteiger partial charge in [0.05, 0.1) is 0 Å². The van der Waals surface area contributed by atoms with Crippen LogP contribution in [0.3, 0.4) is 0 Å². The smallest absolute Gasteiger partial charge is 0.254 e. The largest absolute Gasteiger partial charge is 0.355 e. The maximum Gasteiger partial charge on any atom is 0.254 e. The molecule has 0 aliphatic carbocycles. The van der Waals surface area contributed by atoms with Crippen LogP contribution in [0.4, 0.5) is 10.2 Å². The summed E-state index contributed by atoms with van der Waals surface area (Å²) >= 11 is 6.08. The Morgan fingerprint density at radius 1 is 1.23 bits per heavy atom. The Bertz CT molecular complexity index is 1000. The molecule has 3 aromatic rings. The number of hydrogen-bond acceptors (Lipinski definition) is 4. The van der Waals surface area contributed by atoms with E-state index < -0.39 is 0 Å². The van der Waals surface area contributed by atoms with Crippen molar-refractivity contribution in [1.82, 2.24) is 15.0 Å². The van der Waals surface area contributed by atoms with Gasteiger partial charge in [0, 0.05) is 41.6 Å². The molecule has 0 aliphatic heterocycles. The van der Waals surface area contributed by atoms with Gasteiger partial charge in [0.2, 0.25) is 0 Å². The topological polar surface area (TPSA) is 61.9 Å². The highest BCUT2D eigenvalue weighted by Crippen LogP contribution is 2.22. The molecule has 2 heterocycles. The van der Waals surface area contributed by atoms with Gasteiger partial charge < -0.3 is 9.88 Å². The minimum Gasteiger partial charge on any atom is -0.355 e. The van der Waals surface area contributed by atoms with Gasteiger partial charge in [-0.05, 0) is 43.7 Å². The van der Waals surface area contributed by atoms with Crippen LogP contribution < -0.4 is 10.5 Å². The summed E-state index contributed by atoms with van der Waals surface area (Å²) in [7, 11) is 1.87. The quantitative estimate of drug-likeness (QED) is 0.755. The predicted octanol–water partition coefficient (Wildman–Crippen LogP) is 3.88. The predicted molar refractivity (Wildman–Crippen MR) is 101 cm³/mol. The molecular formula is C19H18ClFN4O. The monoisotopic (exact) mass is 372 g/mol. The van der Waals surface area contributed by atoms with Crippen molar-refractivity contribution in [2.45, 2.75) is 20.4 Å². The highest BCUT2D eigenvalue weighted by Gasteiger charge is 2.10. The Morgan fingerprint density at radius 3 is 2.62 bits per heavy atom. The van der Waals surface area contributed by atoms with Crippen molar-refractivity contribution in [3.8, 4) is 11.4 Å². The number of benzene rings is 1. The average molecular weight is 373 g/mol. The molecule has 0 radical (unpaired) electrons. The number of H-pyrrole nitrogens is 1. The zero-order valence-corrected chi connectivity index (χ0v) is 15.4. The van der Waals surface area contributed by atoms with Gasteiger partial charge in [0.15, 0.2) is 0 Å². The molecular weight excluding hydrogens is 355 g/mol. The zero-order valence-electron chi connectivity index (χ0n) is 14.7. The molecule has 0 bridgehead atoms. The maximum atomic E-state index is 13.2. The molecule has 0 amide bonds. The Morgan fingerprint density at radius 2 is 2.00 bits per heavy atom. The summed E-state index contributed by atoms with van der Waals surface area (Å²) in [5.74, 6) is 0.848. The molecule has 1 aromatic carbocycles. The summed E-state index contributed by atoms with van der Waals surface area (Å²) in [4.78, 5) is 25.4. The van der Waals surface area contributed by atoms with E-state index in [9.17, 15) is 9.18 Å². The van der Waals surface area contributed by atoms with Gasteiger partial charge in [0.1, 0.15) is 17.5 Å². The van der Waals surface area contributed by atoms with Gasteiger partial charge in [-0.25, -0.2) is 14.4 Å². The second-order valence-electron chi connectivity index (χ2n) is 6.12. The van der Waals surface area contributed by atoms with E-state index in [4.69, 9.17) is 11.6 Å². The number of anilines is 1.